The number of halogens is 2. The second-order valence-corrected chi connectivity index (χ2v) is 11.2. The van der Waals surface area contributed by atoms with Crippen LogP contribution in [0.1, 0.15) is 50.5 Å². The third-order valence-corrected chi connectivity index (χ3v) is 9.00. The van der Waals surface area contributed by atoms with E-state index in [-0.39, 0.29) is 21.4 Å². The van der Waals surface area contributed by atoms with Crippen LogP contribution in [0.15, 0.2) is 47.4 Å². The van der Waals surface area contributed by atoms with E-state index in [0.717, 1.165) is 30.6 Å². The van der Waals surface area contributed by atoms with Crippen LogP contribution >= 0.6 is 23.2 Å². The first-order valence-electron chi connectivity index (χ1n) is 11.1. The molecule has 10 heteroatoms. The molecule has 1 atom stereocenters. The first-order valence-corrected chi connectivity index (χ1v) is 13.3. The minimum Gasteiger partial charge on any atom is -0.274 e. The second-order valence-electron chi connectivity index (χ2n) is 8.50. The van der Waals surface area contributed by atoms with Gasteiger partial charge in [0.2, 0.25) is 15.9 Å². The van der Waals surface area contributed by atoms with Crippen molar-refractivity contribution in [2.75, 3.05) is 4.90 Å². The fourth-order valence-electron chi connectivity index (χ4n) is 4.69. The number of rotatable bonds is 5. The number of amides is 2. The van der Waals surface area contributed by atoms with Crippen molar-refractivity contribution < 1.29 is 18.0 Å². The molecule has 1 unspecified atom stereocenters. The largest absolute Gasteiger partial charge is 0.274 e. The molecule has 7 nitrogen and oxygen atoms in total. The zero-order valence-corrected chi connectivity index (χ0v) is 20.6. The fraction of sp³-hybridized carbons (Fsp3) is 0.375. The molecule has 2 fully saturated rings. The van der Waals surface area contributed by atoms with Gasteiger partial charge in [-0.05, 0) is 55.3 Å². The Balaban J connectivity index is 1.77. The van der Waals surface area contributed by atoms with Crippen molar-refractivity contribution >= 4 is 50.7 Å². The number of nitriles is 1. The van der Waals surface area contributed by atoms with Gasteiger partial charge in [-0.3, -0.25) is 9.59 Å². The molecule has 2 aliphatic rings. The Bertz CT molecular complexity index is 1250. The lowest BCUT2D eigenvalue weighted by molar-refractivity contribution is -0.122. The van der Waals surface area contributed by atoms with Crippen LogP contribution in [0.5, 0.6) is 0 Å². The Morgan fingerprint density at radius 2 is 1.62 bits per heavy atom. The average molecular weight is 520 g/mol. The van der Waals surface area contributed by atoms with Gasteiger partial charge >= 0.3 is 0 Å². The van der Waals surface area contributed by atoms with E-state index >= 15 is 0 Å². The van der Waals surface area contributed by atoms with Crippen molar-refractivity contribution in [3.05, 3.63) is 58.1 Å². The van der Waals surface area contributed by atoms with Crippen LogP contribution in [0.25, 0.3) is 0 Å². The molecule has 1 heterocycles. The van der Waals surface area contributed by atoms with E-state index in [9.17, 15) is 18.0 Å². The maximum Gasteiger partial charge on any atom is 0.252 e. The van der Waals surface area contributed by atoms with Gasteiger partial charge in [-0.15, -0.1) is 0 Å². The lowest BCUT2D eigenvalue weighted by Crippen LogP contribution is -2.50. The molecule has 2 aromatic carbocycles. The zero-order chi connectivity index (χ0) is 24.5. The van der Waals surface area contributed by atoms with Crippen LogP contribution in [-0.4, -0.2) is 36.6 Å². The predicted molar refractivity (Wildman–Crippen MR) is 129 cm³/mol. The Morgan fingerprint density at radius 3 is 2.24 bits per heavy atom. The average Bonchev–Trinajstić information content (AvgIpc) is 2.98. The van der Waals surface area contributed by atoms with E-state index in [1.54, 1.807) is 0 Å². The number of imide groups is 1. The van der Waals surface area contributed by atoms with Crippen LogP contribution in [0.2, 0.25) is 10.0 Å². The fourth-order valence-corrected chi connectivity index (χ4v) is 7.26. The van der Waals surface area contributed by atoms with Crippen molar-refractivity contribution in [1.29, 1.82) is 5.26 Å². The van der Waals surface area contributed by atoms with Crippen molar-refractivity contribution in [2.45, 2.75) is 61.9 Å². The summed E-state index contributed by atoms with van der Waals surface area (Å²) >= 11 is 12.4. The summed E-state index contributed by atoms with van der Waals surface area (Å²) in [7, 11) is -4.25. The molecule has 1 saturated heterocycles. The lowest BCUT2D eigenvalue weighted by Gasteiger charge is -2.34. The molecule has 0 spiro atoms. The third-order valence-electron chi connectivity index (χ3n) is 6.32. The summed E-state index contributed by atoms with van der Waals surface area (Å²) in [5.74, 6) is -1.11. The molecule has 1 aliphatic carbocycles. The number of nitrogens with zero attached hydrogens (tertiary/aromatic N) is 3. The molecule has 1 saturated carbocycles. The topological polar surface area (TPSA) is 98.5 Å². The summed E-state index contributed by atoms with van der Waals surface area (Å²) in [6, 6.07) is 10.6. The van der Waals surface area contributed by atoms with Crippen LogP contribution in [0.3, 0.4) is 0 Å². The second kappa shape index (κ2) is 10.0. The summed E-state index contributed by atoms with van der Waals surface area (Å²) < 4.78 is 29.1. The molecule has 0 N–H and O–H groups in total. The maximum atomic E-state index is 13.9. The highest BCUT2D eigenvalue weighted by Crippen LogP contribution is 2.37. The number of carbonyl (C=O) groups is 2. The maximum absolute atomic E-state index is 13.9. The molecule has 34 heavy (non-hydrogen) atoms. The van der Waals surface area contributed by atoms with E-state index in [0.29, 0.717) is 24.1 Å². The molecular weight excluding hydrogens is 497 g/mol. The molecule has 2 aromatic rings. The van der Waals surface area contributed by atoms with Crippen LogP contribution < -0.4 is 4.90 Å². The molecule has 2 amide bonds. The first kappa shape index (κ1) is 24.7. The van der Waals surface area contributed by atoms with Gasteiger partial charge in [0.1, 0.15) is 10.9 Å². The number of hydrogen-bond donors (Lipinski definition) is 0. The van der Waals surface area contributed by atoms with E-state index in [1.165, 1.54) is 46.8 Å². The normalized spacial score (nSPS) is 19.9. The molecule has 0 bridgehead atoms. The van der Waals surface area contributed by atoms with E-state index in [4.69, 9.17) is 28.5 Å². The van der Waals surface area contributed by atoms with Gasteiger partial charge in [0.25, 0.3) is 5.91 Å². The molecular formula is C24H23Cl2N3O4S. The highest BCUT2D eigenvalue weighted by atomic mass is 35.5. The summed E-state index contributed by atoms with van der Waals surface area (Å²) in [5, 5.41) is 9.24. The number of carbonyl (C=O) groups excluding carboxylic acids is 2. The first-order chi connectivity index (χ1) is 16.2. The Morgan fingerprint density at radius 1 is 0.971 bits per heavy atom. The predicted octanol–water partition coefficient (Wildman–Crippen LogP) is 4.91. The summed E-state index contributed by atoms with van der Waals surface area (Å²) in [5.41, 5.74) is 0.688. The van der Waals surface area contributed by atoms with Crippen molar-refractivity contribution in [1.82, 2.24) is 4.31 Å². The third kappa shape index (κ3) is 4.71. The number of sulfonamides is 1. The standard InChI is InChI=1S/C24H23Cl2N3O4S/c25-17-9-12-20(26)22(13-17)34(32,33)29(19-5-3-1-2-4-6-19)21-14-23(30)28(24(21)31)18-10-7-16(15-27)8-11-18/h7-13,19,21H,1-6,14H2. The van der Waals surface area contributed by atoms with Crippen LogP contribution in [0, 0.1) is 11.3 Å². The number of hydrogen-bond acceptors (Lipinski definition) is 5. The number of anilines is 1. The van der Waals surface area contributed by atoms with Crippen molar-refractivity contribution in [2.24, 2.45) is 0 Å². The van der Waals surface area contributed by atoms with Crippen LogP contribution in [-0.2, 0) is 19.6 Å². The summed E-state index contributed by atoms with van der Waals surface area (Å²) in [4.78, 5) is 27.3. The van der Waals surface area contributed by atoms with E-state index in [1.807, 2.05) is 6.07 Å². The molecule has 1 aliphatic heterocycles. The Kier molecular flexibility index (Phi) is 7.29. The Labute approximate surface area is 208 Å². The van der Waals surface area contributed by atoms with Gasteiger partial charge in [0.05, 0.1) is 28.8 Å². The zero-order valence-electron chi connectivity index (χ0n) is 18.3. The minimum absolute atomic E-state index is 0.00347. The van der Waals surface area contributed by atoms with Crippen molar-refractivity contribution in [3.63, 3.8) is 0 Å². The van der Waals surface area contributed by atoms with Gasteiger partial charge in [-0.2, -0.15) is 9.57 Å². The van der Waals surface area contributed by atoms with Gasteiger partial charge in [0.15, 0.2) is 0 Å². The van der Waals surface area contributed by atoms with E-state index < -0.39 is 33.9 Å². The van der Waals surface area contributed by atoms with Gasteiger partial charge < -0.3 is 0 Å². The monoisotopic (exact) mass is 519 g/mol. The smallest absolute Gasteiger partial charge is 0.252 e. The highest BCUT2D eigenvalue weighted by molar-refractivity contribution is 7.89. The molecule has 178 valence electrons. The van der Waals surface area contributed by atoms with Gasteiger partial charge in [-0.25, -0.2) is 13.3 Å². The van der Waals surface area contributed by atoms with Crippen LogP contribution in [0.4, 0.5) is 5.69 Å². The quantitative estimate of drug-likeness (QED) is 0.412. The van der Waals surface area contributed by atoms with Crippen molar-refractivity contribution in [3.8, 4) is 6.07 Å². The number of benzene rings is 2. The summed E-state index contributed by atoms with van der Waals surface area (Å²) in [6.45, 7) is 0. The van der Waals surface area contributed by atoms with Gasteiger partial charge in [0, 0.05) is 11.1 Å². The molecule has 0 radical (unpaired) electrons. The molecule has 0 aromatic heterocycles. The SMILES string of the molecule is N#Cc1ccc(N2C(=O)CC(N(C3CCCCCC3)S(=O)(=O)c3cc(Cl)ccc3Cl)C2=O)cc1. The Hall–Kier alpha value is -2.44. The lowest BCUT2D eigenvalue weighted by atomic mass is 10.1. The minimum atomic E-state index is -4.25. The summed E-state index contributed by atoms with van der Waals surface area (Å²) in [6.07, 6.45) is 4.53. The highest BCUT2D eigenvalue weighted by Gasteiger charge is 2.49. The van der Waals surface area contributed by atoms with Gasteiger partial charge in [-0.1, -0.05) is 48.9 Å². The molecule has 4 rings (SSSR count). The van der Waals surface area contributed by atoms with E-state index in [2.05, 4.69) is 0 Å².